The number of hydrogen-bond donors (Lipinski definition) is 3. The van der Waals surface area contributed by atoms with Gasteiger partial charge in [-0.2, -0.15) is 4.72 Å². The van der Waals surface area contributed by atoms with Gasteiger partial charge in [-0.05, 0) is 30.7 Å². The lowest BCUT2D eigenvalue weighted by molar-refractivity contribution is -0.139. The highest BCUT2D eigenvalue weighted by atomic mass is 32.2. The van der Waals surface area contributed by atoms with Gasteiger partial charge in [-0.25, -0.2) is 8.42 Å². The molecule has 8 heteroatoms. The zero-order valence-corrected chi connectivity index (χ0v) is 11.8. The van der Waals surface area contributed by atoms with Crippen LogP contribution in [0.1, 0.15) is 13.3 Å². The second-order valence-electron chi connectivity index (χ2n) is 4.01. The Bertz CT molecular complexity index is 540. The summed E-state index contributed by atoms with van der Waals surface area (Å²) in [7, 11) is -4.00. The third-order valence-electron chi connectivity index (χ3n) is 2.38. The summed E-state index contributed by atoms with van der Waals surface area (Å²) in [5.41, 5.74) is 0. The SMILES string of the molecule is CCCOc1ccc(S(=O)(=O)N[C@H](CO)C(=O)O)cc1. The van der Waals surface area contributed by atoms with E-state index in [1.54, 1.807) is 0 Å². The van der Waals surface area contributed by atoms with E-state index in [4.69, 9.17) is 14.9 Å². The van der Waals surface area contributed by atoms with Crippen LogP contribution in [0.15, 0.2) is 29.2 Å². The highest BCUT2D eigenvalue weighted by Crippen LogP contribution is 2.16. The van der Waals surface area contributed by atoms with Crippen LogP contribution in [-0.4, -0.2) is 43.9 Å². The molecule has 7 nitrogen and oxygen atoms in total. The largest absolute Gasteiger partial charge is 0.494 e. The van der Waals surface area contributed by atoms with Crippen molar-refractivity contribution >= 4 is 16.0 Å². The van der Waals surface area contributed by atoms with E-state index >= 15 is 0 Å². The predicted molar refractivity (Wildman–Crippen MR) is 71.1 cm³/mol. The van der Waals surface area contributed by atoms with Gasteiger partial charge in [0.1, 0.15) is 11.8 Å². The molecule has 0 aliphatic carbocycles. The van der Waals surface area contributed by atoms with Crippen molar-refractivity contribution in [3.05, 3.63) is 24.3 Å². The van der Waals surface area contributed by atoms with E-state index in [9.17, 15) is 13.2 Å². The molecule has 1 atom stereocenters. The van der Waals surface area contributed by atoms with Crippen LogP contribution in [0.25, 0.3) is 0 Å². The first-order chi connectivity index (χ1) is 9.40. The lowest BCUT2D eigenvalue weighted by Crippen LogP contribution is -2.43. The Labute approximate surface area is 117 Å². The van der Waals surface area contributed by atoms with Gasteiger partial charge in [0.2, 0.25) is 10.0 Å². The van der Waals surface area contributed by atoms with Gasteiger partial charge in [-0.15, -0.1) is 0 Å². The Hall–Kier alpha value is -1.64. The molecule has 3 N–H and O–H groups in total. The molecule has 0 heterocycles. The zero-order chi connectivity index (χ0) is 15.2. The van der Waals surface area contributed by atoms with E-state index in [-0.39, 0.29) is 4.90 Å². The maximum atomic E-state index is 11.9. The minimum atomic E-state index is -4.00. The molecule has 1 aromatic rings. The number of hydrogen-bond acceptors (Lipinski definition) is 5. The second-order valence-corrected chi connectivity index (χ2v) is 5.73. The van der Waals surface area contributed by atoms with E-state index in [0.29, 0.717) is 12.4 Å². The summed E-state index contributed by atoms with van der Waals surface area (Å²) in [4.78, 5) is 10.6. The standard InChI is InChI=1S/C12H17NO6S/c1-2-7-19-9-3-5-10(6-4-9)20(17,18)13-11(8-14)12(15)16/h3-6,11,13-14H,2,7-8H2,1H3,(H,15,16)/t11-/m1/s1. The average molecular weight is 303 g/mol. The van der Waals surface area contributed by atoms with Crippen molar-refractivity contribution in [3.63, 3.8) is 0 Å². The fraction of sp³-hybridized carbons (Fsp3) is 0.417. The molecule has 0 radical (unpaired) electrons. The van der Waals surface area contributed by atoms with Crippen LogP contribution in [-0.2, 0) is 14.8 Å². The first-order valence-corrected chi connectivity index (χ1v) is 7.48. The molecule has 112 valence electrons. The molecular weight excluding hydrogens is 286 g/mol. The highest BCUT2D eigenvalue weighted by molar-refractivity contribution is 7.89. The maximum absolute atomic E-state index is 11.9. The van der Waals surface area contributed by atoms with Gasteiger partial charge in [-0.3, -0.25) is 4.79 Å². The summed E-state index contributed by atoms with van der Waals surface area (Å²) in [5, 5.41) is 17.5. The van der Waals surface area contributed by atoms with Gasteiger partial charge in [0.25, 0.3) is 0 Å². The number of ether oxygens (including phenoxy) is 1. The van der Waals surface area contributed by atoms with Crippen LogP contribution < -0.4 is 9.46 Å². The minimum Gasteiger partial charge on any atom is -0.494 e. The molecule has 1 rings (SSSR count). The molecule has 0 saturated heterocycles. The van der Waals surface area contributed by atoms with Crippen molar-refractivity contribution in [3.8, 4) is 5.75 Å². The van der Waals surface area contributed by atoms with E-state index in [1.165, 1.54) is 24.3 Å². The van der Waals surface area contributed by atoms with Crippen LogP contribution in [0.4, 0.5) is 0 Å². The Morgan fingerprint density at radius 1 is 1.35 bits per heavy atom. The monoisotopic (exact) mass is 303 g/mol. The quantitative estimate of drug-likeness (QED) is 0.632. The second kappa shape index (κ2) is 7.22. The number of carboxylic acids is 1. The maximum Gasteiger partial charge on any atom is 0.324 e. The van der Waals surface area contributed by atoms with Crippen molar-refractivity contribution in [2.45, 2.75) is 24.3 Å². The van der Waals surface area contributed by atoms with Crippen LogP contribution in [0.5, 0.6) is 5.75 Å². The molecule has 1 aromatic carbocycles. The van der Waals surface area contributed by atoms with Crippen LogP contribution in [0.3, 0.4) is 0 Å². The van der Waals surface area contributed by atoms with E-state index in [0.717, 1.165) is 6.42 Å². The fourth-order valence-electron chi connectivity index (χ4n) is 1.36. The molecule has 0 aliphatic heterocycles. The summed E-state index contributed by atoms with van der Waals surface area (Å²) in [6, 6.07) is 4.02. The topological polar surface area (TPSA) is 113 Å². The summed E-state index contributed by atoms with van der Waals surface area (Å²) < 4.78 is 31.0. The lowest BCUT2D eigenvalue weighted by atomic mass is 10.3. The average Bonchev–Trinajstić information content (AvgIpc) is 2.42. The summed E-state index contributed by atoms with van der Waals surface area (Å²) in [6.07, 6.45) is 0.832. The minimum absolute atomic E-state index is 0.0963. The Morgan fingerprint density at radius 3 is 2.40 bits per heavy atom. The number of rotatable bonds is 8. The summed E-state index contributed by atoms with van der Waals surface area (Å²) >= 11 is 0. The van der Waals surface area contributed by atoms with Crippen molar-refractivity contribution in [2.24, 2.45) is 0 Å². The molecule has 0 bridgehead atoms. The smallest absolute Gasteiger partial charge is 0.324 e. The lowest BCUT2D eigenvalue weighted by Gasteiger charge is -2.12. The third-order valence-corrected chi connectivity index (χ3v) is 3.87. The molecule has 0 fully saturated rings. The number of sulfonamides is 1. The fourth-order valence-corrected chi connectivity index (χ4v) is 2.54. The van der Waals surface area contributed by atoms with Crippen LogP contribution in [0.2, 0.25) is 0 Å². The van der Waals surface area contributed by atoms with Crippen molar-refractivity contribution < 1.29 is 28.2 Å². The van der Waals surface area contributed by atoms with E-state index < -0.39 is 28.6 Å². The molecule has 0 saturated carbocycles. The van der Waals surface area contributed by atoms with Crippen molar-refractivity contribution in [2.75, 3.05) is 13.2 Å². The van der Waals surface area contributed by atoms with Gasteiger partial charge in [0.15, 0.2) is 0 Å². The predicted octanol–water partition coefficient (Wildman–Crippen LogP) is 0.199. The molecular formula is C12H17NO6S. The molecule has 0 amide bonds. The molecule has 0 spiro atoms. The number of benzene rings is 1. The Balaban J connectivity index is 2.84. The van der Waals surface area contributed by atoms with Crippen molar-refractivity contribution in [1.29, 1.82) is 0 Å². The Kier molecular flexibility index (Phi) is 5.93. The highest BCUT2D eigenvalue weighted by Gasteiger charge is 2.24. The molecule has 20 heavy (non-hydrogen) atoms. The molecule has 0 aliphatic rings. The first kappa shape index (κ1) is 16.4. The zero-order valence-electron chi connectivity index (χ0n) is 10.9. The van der Waals surface area contributed by atoms with E-state index in [1.807, 2.05) is 11.6 Å². The third kappa shape index (κ3) is 4.48. The number of carbonyl (C=O) groups is 1. The van der Waals surface area contributed by atoms with Crippen LogP contribution in [0, 0.1) is 0 Å². The number of nitrogens with one attached hydrogen (secondary N) is 1. The summed E-state index contributed by atoms with van der Waals surface area (Å²) in [6.45, 7) is 1.64. The van der Waals surface area contributed by atoms with Gasteiger partial charge in [0.05, 0.1) is 18.1 Å². The van der Waals surface area contributed by atoms with Gasteiger partial charge in [0, 0.05) is 0 Å². The van der Waals surface area contributed by atoms with E-state index in [2.05, 4.69) is 0 Å². The summed E-state index contributed by atoms with van der Waals surface area (Å²) in [5.74, 6) is -0.915. The van der Waals surface area contributed by atoms with Gasteiger partial charge in [-0.1, -0.05) is 6.92 Å². The Morgan fingerprint density at radius 2 is 1.95 bits per heavy atom. The first-order valence-electron chi connectivity index (χ1n) is 5.99. The number of aliphatic hydroxyl groups is 1. The van der Waals surface area contributed by atoms with Gasteiger partial charge < -0.3 is 14.9 Å². The number of carboxylic acid groups (broad SMARTS) is 1. The normalized spacial score (nSPS) is 12.9. The number of aliphatic hydroxyl groups excluding tert-OH is 1. The van der Waals surface area contributed by atoms with Gasteiger partial charge >= 0.3 is 5.97 Å². The molecule has 0 unspecified atom stereocenters. The molecule has 0 aromatic heterocycles. The van der Waals surface area contributed by atoms with Crippen LogP contribution >= 0.6 is 0 Å². The number of aliphatic carboxylic acids is 1. The van der Waals surface area contributed by atoms with Crippen molar-refractivity contribution in [1.82, 2.24) is 4.72 Å².